The molecule has 1 aliphatic heterocycles. The Labute approximate surface area is 159 Å². The maximum atomic E-state index is 11.2. The molecule has 2 aromatic carbocycles. The van der Waals surface area contributed by atoms with Gasteiger partial charge in [-0.1, -0.05) is 18.2 Å². The van der Waals surface area contributed by atoms with Crippen LogP contribution in [-0.2, 0) is 0 Å². The van der Waals surface area contributed by atoms with Gasteiger partial charge in [0.05, 0.1) is 16.1 Å². The Hall–Kier alpha value is -3.75. The average molecular weight is 376 g/mol. The van der Waals surface area contributed by atoms with Crippen LogP contribution in [0, 0.1) is 10.1 Å². The lowest BCUT2D eigenvalue weighted by Gasteiger charge is -2.36. The van der Waals surface area contributed by atoms with Gasteiger partial charge in [-0.2, -0.15) is 0 Å². The fourth-order valence-electron chi connectivity index (χ4n) is 3.65. The van der Waals surface area contributed by atoms with Crippen LogP contribution >= 0.6 is 0 Å². The molecule has 0 bridgehead atoms. The van der Waals surface area contributed by atoms with E-state index in [9.17, 15) is 10.1 Å². The van der Waals surface area contributed by atoms with Crippen LogP contribution < -0.4 is 9.80 Å². The fraction of sp³-hybridized carbons (Fsp3) is 0.211. The molecule has 0 amide bonds. The lowest BCUT2D eigenvalue weighted by atomic mass is 10.2. The maximum Gasteiger partial charge on any atom is 0.300 e. The van der Waals surface area contributed by atoms with Crippen molar-refractivity contribution in [3.63, 3.8) is 0 Å². The molecule has 9 nitrogen and oxygen atoms in total. The average Bonchev–Trinajstić information content (AvgIpc) is 3.22. The molecule has 2 aromatic heterocycles. The predicted octanol–water partition coefficient (Wildman–Crippen LogP) is 3.01. The molecule has 1 fully saturated rings. The van der Waals surface area contributed by atoms with Crippen molar-refractivity contribution in [2.75, 3.05) is 36.0 Å². The summed E-state index contributed by atoms with van der Waals surface area (Å²) in [6.45, 7) is 3.06. The lowest BCUT2D eigenvalue weighted by Crippen LogP contribution is -2.46. The smallest absolute Gasteiger partial charge is 0.300 e. The minimum absolute atomic E-state index is 0.0981. The summed E-state index contributed by atoms with van der Waals surface area (Å²) >= 11 is 0. The fourth-order valence-corrected chi connectivity index (χ4v) is 3.65. The molecule has 5 rings (SSSR count). The van der Waals surface area contributed by atoms with E-state index in [1.165, 1.54) is 6.07 Å². The molecule has 0 unspecified atom stereocenters. The molecule has 0 spiro atoms. The van der Waals surface area contributed by atoms with Crippen LogP contribution in [0.15, 0.2) is 53.2 Å². The van der Waals surface area contributed by atoms with E-state index in [-0.39, 0.29) is 11.2 Å². The molecule has 1 saturated heterocycles. The molecule has 0 atom stereocenters. The van der Waals surface area contributed by atoms with Gasteiger partial charge in [-0.15, -0.1) is 0 Å². The number of benzene rings is 2. The minimum atomic E-state index is -0.473. The van der Waals surface area contributed by atoms with Gasteiger partial charge in [0.25, 0.3) is 0 Å². The molecule has 4 aromatic rings. The highest BCUT2D eigenvalue weighted by Gasteiger charge is 2.25. The molecular formula is C19H16N6O3. The maximum absolute atomic E-state index is 11.2. The van der Waals surface area contributed by atoms with Crippen molar-refractivity contribution in [3.05, 3.63) is 58.6 Å². The van der Waals surface area contributed by atoms with E-state index in [0.717, 1.165) is 48.6 Å². The van der Waals surface area contributed by atoms with Gasteiger partial charge in [-0.25, -0.2) is 9.61 Å². The molecular weight excluding hydrogens is 360 g/mol. The van der Waals surface area contributed by atoms with E-state index >= 15 is 0 Å². The highest BCUT2D eigenvalue weighted by atomic mass is 16.6. The van der Waals surface area contributed by atoms with Crippen LogP contribution in [0.3, 0.4) is 0 Å². The predicted molar refractivity (Wildman–Crippen MR) is 105 cm³/mol. The first-order valence-corrected chi connectivity index (χ1v) is 8.96. The van der Waals surface area contributed by atoms with E-state index in [1.807, 2.05) is 24.3 Å². The summed E-state index contributed by atoms with van der Waals surface area (Å²) in [6, 6.07) is 15.4. The van der Waals surface area contributed by atoms with Crippen LogP contribution in [0.4, 0.5) is 17.2 Å². The molecule has 9 heteroatoms. The van der Waals surface area contributed by atoms with Crippen molar-refractivity contribution in [1.82, 2.24) is 15.3 Å². The summed E-state index contributed by atoms with van der Waals surface area (Å²) in [5, 5.41) is 19.9. The van der Waals surface area contributed by atoms with E-state index in [0.29, 0.717) is 5.52 Å². The Morgan fingerprint density at radius 1 is 0.893 bits per heavy atom. The van der Waals surface area contributed by atoms with Gasteiger partial charge in [0.1, 0.15) is 5.82 Å². The normalized spacial score (nSPS) is 14.7. The zero-order chi connectivity index (χ0) is 19.1. The van der Waals surface area contributed by atoms with Gasteiger partial charge < -0.3 is 9.80 Å². The second-order valence-electron chi connectivity index (χ2n) is 6.66. The van der Waals surface area contributed by atoms with Crippen molar-refractivity contribution in [1.29, 1.82) is 0 Å². The third kappa shape index (κ3) is 2.68. The largest absolute Gasteiger partial charge is 0.366 e. The quantitative estimate of drug-likeness (QED) is 0.397. The summed E-state index contributed by atoms with van der Waals surface area (Å²) in [6.07, 6.45) is 0. The van der Waals surface area contributed by atoms with Crippen molar-refractivity contribution in [2.24, 2.45) is 0 Å². The van der Waals surface area contributed by atoms with Crippen LogP contribution in [0.25, 0.3) is 21.9 Å². The number of hydrogen-bond acceptors (Lipinski definition) is 8. The number of rotatable bonds is 3. The van der Waals surface area contributed by atoms with Crippen LogP contribution in [0.1, 0.15) is 0 Å². The molecule has 1 aliphatic rings. The highest BCUT2D eigenvalue weighted by molar-refractivity contribution is 5.94. The van der Waals surface area contributed by atoms with Crippen LogP contribution in [-0.4, -0.2) is 46.4 Å². The standard InChI is InChI=1S/C19H16N6O3/c26-25(27)16-7-6-15(18-19(16)22-28-21-18)23-9-11-24(12-10-23)17-8-5-13-3-1-2-4-14(13)20-17/h1-8H,9-12H2. The van der Waals surface area contributed by atoms with Gasteiger partial charge in [0.2, 0.25) is 5.52 Å². The first-order chi connectivity index (χ1) is 13.7. The Bertz CT molecular complexity index is 1180. The number of anilines is 2. The van der Waals surface area contributed by atoms with Crippen molar-refractivity contribution < 1.29 is 9.55 Å². The monoisotopic (exact) mass is 376 g/mol. The number of nitrogens with zero attached hydrogens (tertiary/aromatic N) is 6. The second kappa shape index (κ2) is 6.45. The molecule has 0 aliphatic carbocycles. The SMILES string of the molecule is O=[N+]([O-])c1ccc(N2CCN(c3ccc4ccccc4n3)CC2)c2nonc12. The molecule has 0 radical (unpaired) electrons. The van der Waals surface area contributed by atoms with Gasteiger partial charge >= 0.3 is 5.69 Å². The van der Waals surface area contributed by atoms with E-state index in [1.54, 1.807) is 6.07 Å². The number of non-ortho nitro benzene ring substituents is 1. The number of fused-ring (bicyclic) bond motifs is 2. The van der Waals surface area contributed by atoms with Crippen molar-refractivity contribution >= 4 is 39.1 Å². The van der Waals surface area contributed by atoms with Crippen LogP contribution in [0.5, 0.6) is 0 Å². The Morgan fingerprint density at radius 3 is 2.46 bits per heavy atom. The minimum Gasteiger partial charge on any atom is -0.366 e. The first kappa shape index (κ1) is 16.4. The molecule has 0 N–H and O–H groups in total. The number of nitro groups is 1. The highest BCUT2D eigenvalue weighted by Crippen LogP contribution is 2.32. The number of aromatic nitrogens is 3. The zero-order valence-electron chi connectivity index (χ0n) is 14.9. The first-order valence-electron chi connectivity index (χ1n) is 8.96. The summed E-state index contributed by atoms with van der Waals surface area (Å²) in [4.78, 5) is 19.8. The number of para-hydroxylation sites is 1. The van der Waals surface area contributed by atoms with E-state index in [4.69, 9.17) is 9.61 Å². The third-order valence-electron chi connectivity index (χ3n) is 5.10. The van der Waals surface area contributed by atoms with Crippen molar-refractivity contribution in [3.8, 4) is 0 Å². The Balaban J connectivity index is 1.38. The Kier molecular flexibility index (Phi) is 3.78. The van der Waals surface area contributed by atoms with Crippen molar-refractivity contribution in [2.45, 2.75) is 0 Å². The van der Waals surface area contributed by atoms with E-state index in [2.05, 4.69) is 32.2 Å². The molecule has 28 heavy (non-hydrogen) atoms. The van der Waals surface area contributed by atoms with Gasteiger partial charge in [-0.3, -0.25) is 10.1 Å². The molecule has 3 heterocycles. The number of piperazine rings is 1. The molecule has 140 valence electrons. The molecule has 0 saturated carbocycles. The summed E-state index contributed by atoms with van der Waals surface area (Å²) in [5.41, 5.74) is 2.28. The summed E-state index contributed by atoms with van der Waals surface area (Å²) in [5.74, 6) is 0.954. The lowest BCUT2D eigenvalue weighted by molar-refractivity contribution is -0.383. The topological polar surface area (TPSA) is 101 Å². The second-order valence-corrected chi connectivity index (χ2v) is 6.66. The van der Waals surface area contributed by atoms with Gasteiger partial charge in [0, 0.05) is 37.6 Å². The van der Waals surface area contributed by atoms with E-state index < -0.39 is 4.92 Å². The third-order valence-corrected chi connectivity index (χ3v) is 5.10. The Morgan fingerprint density at radius 2 is 1.64 bits per heavy atom. The van der Waals surface area contributed by atoms with Crippen LogP contribution in [0.2, 0.25) is 0 Å². The zero-order valence-corrected chi connectivity index (χ0v) is 14.9. The van der Waals surface area contributed by atoms with Gasteiger partial charge in [0.15, 0.2) is 5.52 Å². The number of hydrogen-bond donors (Lipinski definition) is 0. The number of nitro benzene ring substituents is 1. The summed E-state index contributed by atoms with van der Waals surface area (Å²) in [7, 11) is 0. The summed E-state index contributed by atoms with van der Waals surface area (Å²) < 4.78 is 4.77. The van der Waals surface area contributed by atoms with Gasteiger partial charge in [-0.05, 0) is 34.6 Å². The number of pyridine rings is 1.